The monoisotopic (exact) mass is 379 g/mol. The Hall–Kier alpha value is -1.16. The third-order valence-electron chi connectivity index (χ3n) is 2.53. The van der Waals surface area contributed by atoms with Gasteiger partial charge in [-0.15, -0.1) is 0 Å². The first-order valence-electron chi connectivity index (χ1n) is 5.26. The number of furan rings is 1. The Labute approximate surface area is 124 Å². The van der Waals surface area contributed by atoms with Crippen molar-refractivity contribution in [1.82, 2.24) is 0 Å². The number of hydrogen-bond acceptors (Lipinski definition) is 5. The van der Waals surface area contributed by atoms with Gasteiger partial charge in [-0.2, -0.15) is 0 Å². The predicted octanol–water partition coefficient (Wildman–Crippen LogP) is 1.65. The van der Waals surface area contributed by atoms with Crippen LogP contribution in [0, 0.1) is 0 Å². The maximum absolute atomic E-state index is 12.3. The standard InChI is InChI=1S/C11H10BrNO5S2/c12-6-8-1-3-9(4-2-8)19(14,15)10-5-11(18-7-10)20(13,16)17/h1-5,7H,6H2,(H2,13,16,17). The van der Waals surface area contributed by atoms with Crippen molar-refractivity contribution in [3.8, 4) is 0 Å². The van der Waals surface area contributed by atoms with Gasteiger partial charge in [0.15, 0.2) is 0 Å². The van der Waals surface area contributed by atoms with E-state index < -0.39 is 25.0 Å². The summed E-state index contributed by atoms with van der Waals surface area (Å²) in [5.74, 6) is 0. The van der Waals surface area contributed by atoms with Crippen molar-refractivity contribution >= 4 is 35.8 Å². The van der Waals surface area contributed by atoms with Crippen molar-refractivity contribution in [2.75, 3.05) is 0 Å². The van der Waals surface area contributed by atoms with Crippen LogP contribution in [0.25, 0.3) is 0 Å². The number of alkyl halides is 1. The Bertz CT molecular complexity index is 822. The van der Waals surface area contributed by atoms with Gasteiger partial charge in [-0.1, -0.05) is 28.1 Å². The van der Waals surface area contributed by atoms with Gasteiger partial charge < -0.3 is 4.42 Å². The summed E-state index contributed by atoms with van der Waals surface area (Å²) in [5.41, 5.74) is 0.918. The summed E-state index contributed by atoms with van der Waals surface area (Å²) in [6, 6.07) is 7.08. The third-order valence-corrected chi connectivity index (χ3v) is 5.68. The zero-order chi connectivity index (χ0) is 15.0. The molecule has 0 aliphatic heterocycles. The van der Waals surface area contributed by atoms with Gasteiger partial charge in [-0.25, -0.2) is 22.0 Å². The molecular weight excluding hydrogens is 370 g/mol. The first kappa shape index (κ1) is 15.2. The third kappa shape index (κ3) is 2.95. The van der Waals surface area contributed by atoms with E-state index in [1.165, 1.54) is 12.1 Å². The molecule has 9 heteroatoms. The van der Waals surface area contributed by atoms with Crippen LogP contribution in [0.4, 0.5) is 0 Å². The SMILES string of the molecule is NS(=O)(=O)c1cc(S(=O)(=O)c2ccc(CBr)cc2)co1. The molecule has 0 bridgehead atoms. The zero-order valence-electron chi connectivity index (χ0n) is 9.98. The van der Waals surface area contributed by atoms with Gasteiger partial charge in [-0.05, 0) is 17.7 Å². The number of sulfonamides is 1. The Morgan fingerprint density at radius 1 is 1.05 bits per heavy atom. The highest BCUT2D eigenvalue weighted by Crippen LogP contribution is 2.24. The van der Waals surface area contributed by atoms with Crippen molar-refractivity contribution < 1.29 is 21.3 Å². The first-order valence-corrected chi connectivity index (χ1v) is 9.41. The van der Waals surface area contributed by atoms with Crippen LogP contribution < -0.4 is 5.14 Å². The van der Waals surface area contributed by atoms with E-state index in [-0.39, 0.29) is 9.79 Å². The highest BCUT2D eigenvalue weighted by Gasteiger charge is 2.23. The molecule has 0 aliphatic rings. The summed E-state index contributed by atoms with van der Waals surface area (Å²) in [5, 5.41) is 4.88. The van der Waals surface area contributed by atoms with Crippen LogP contribution >= 0.6 is 15.9 Å². The molecule has 2 N–H and O–H groups in total. The normalized spacial score (nSPS) is 12.5. The molecule has 0 spiro atoms. The van der Waals surface area contributed by atoms with Gasteiger partial charge in [0.25, 0.3) is 10.0 Å². The molecule has 1 heterocycles. The fraction of sp³-hybridized carbons (Fsp3) is 0.0909. The van der Waals surface area contributed by atoms with Gasteiger partial charge in [-0.3, -0.25) is 0 Å². The van der Waals surface area contributed by atoms with Gasteiger partial charge in [0, 0.05) is 11.4 Å². The van der Waals surface area contributed by atoms with Crippen LogP contribution in [0.1, 0.15) is 5.56 Å². The van der Waals surface area contributed by atoms with E-state index in [9.17, 15) is 16.8 Å². The average molecular weight is 380 g/mol. The number of hydrogen-bond donors (Lipinski definition) is 1. The lowest BCUT2D eigenvalue weighted by molar-refractivity contribution is 0.448. The van der Waals surface area contributed by atoms with Crippen LogP contribution in [0.2, 0.25) is 0 Å². The summed E-state index contributed by atoms with van der Waals surface area (Å²) in [6.45, 7) is 0. The Morgan fingerprint density at radius 2 is 1.65 bits per heavy atom. The van der Waals surface area contributed by atoms with E-state index >= 15 is 0 Å². The predicted molar refractivity (Wildman–Crippen MR) is 74.6 cm³/mol. The van der Waals surface area contributed by atoms with Crippen molar-refractivity contribution in [2.45, 2.75) is 20.2 Å². The quantitative estimate of drug-likeness (QED) is 0.812. The van der Waals surface area contributed by atoms with Crippen LogP contribution in [0.15, 0.2) is 55.9 Å². The second-order valence-corrected chi connectivity index (χ2v) is 7.93. The number of halogens is 1. The molecule has 0 aliphatic carbocycles. The minimum absolute atomic E-state index is 0.0453. The molecule has 20 heavy (non-hydrogen) atoms. The van der Waals surface area contributed by atoms with Gasteiger partial charge >= 0.3 is 0 Å². The fourth-order valence-corrected chi connectivity index (χ4v) is 3.61. The van der Waals surface area contributed by atoms with Crippen molar-refractivity contribution in [3.63, 3.8) is 0 Å². The summed E-state index contributed by atoms with van der Waals surface area (Å²) >= 11 is 3.26. The maximum Gasteiger partial charge on any atom is 0.271 e. The van der Waals surface area contributed by atoms with Gasteiger partial charge in [0.2, 0.25) is 14.9 Å². The molecule has 0 saturated carbocycles. The van der Waals surface area contributed by atoms with Crippen LogP contribution in [0.3, 0.4) is 0 Å². The fourth-order valence-electron chi connectivity index (χ4n) is 1.48. The molecule has 0 atom stereocenters. The van der Waals surface area contributed by atoms with E-state index in [1.807, 2.05) is 0 Å². The number of primary sulfonamides is 1. The van der Waals surface area contributed by atoms with E-state index in [0.29, 0.717) is 5.33 Å². The Morgan fingerprint density at radius 3 is 2.10 bits per heavy atom. The zero-order valence-corrected chi connectivity index (χ0v) is 13.2. The molecule has 1 aromatic heterocycles. The topological polar surface area (TPSA) is 107 Å². The van der Waals surface area contributed by atoms with Gasteiger partial charge in [0.05, 0.1) is 4.90 Å². The molecule has 0 radical (unpaired) electrons. The van der Waals surface area contributed by atoms with Crippen molar-refractivity contribution in [3.05, 3.63) is 42.2 Å². The summed E-state index contributed by atoms with van der Waals surface area (Å²) < 4.78 is 51.4. The maximum atomic E-state index is 12.3. The molecule has 0 amide bonds. The van der Waals surface area contributed by atoms with E-state index in [2.05, 4.69) is 20.3 Å². The minimum atomic E-state index is -4.07. The second kappa shape index (κ2) is 5.32. The average Bonchev–Trinajstić information content (AvgIpc) is 2.89. The van der Waals surface area contributed by atoms with E-state index in [0.717, 1.165) is 17.9 Å². The molecular formula is C11H10BrNO5S2. The molecule has 2 rings (SSSR count). The van der Waals surface area contributed by atoms with Crippen molar-refractivity contribution in [1.29, 1.82) is 0 Å². The highest BCUT2D eigenvalue weighted by atomic mass is 79.9. The number of rotatable bonds is 4. The highest BCUT2D eigenvalue weighted by molar-refractivity contribution is 9.08. The molecule has 0 unspecified atom stereocenters. The molecule has 2 aromatic rings. The number of benzene rings is 1. The van der Waals surface area contributed by atoms with Gasteiger partial charge in [0.1, 0.15) is 11.2 Å². The number of nitrogens with two attached hydrogens (primary N) is 1. The van der Waals surface area contributed by atoms with Crippen LogP contribution in [-0.2, 0) is 25.2 Å². The minimum Gasteiger partial charge on any atom is -0.450 e. The van der Waals surface area contributed by atoms with Crippen molar-refractivity contribution in [2.24, 2.45) is 5.14 Å². The second-order valence-electron chi connectivity index (χ2n) is 3.93. The largest absolute Gasteiger partial charge is 0.450 e. The lowest BCUT2D eigenvalue weighted by Crippen LogP contribution is -2.11. The van der Waals surface area contributed by atoms with Crippen LogP contribution in [-0.4, -0.2) is 16.8 Å². The Balaban J connectivity index is 2.46. The Kier molecular flexibility index (Phi) is 4.05. The lowest BCUT2D eigenvalue weighted by Gasteiger charge is -2.02. The van der Waals surface area contributed by atoms with Crippen LogP contribution in [0.5, 0.6) is 0 Å². The summed E-state index contributed by atoms with van der Waals surface area (Å²) in [7, 11) is -7.90. The van der Waals surface area contributed by atoms with E-state index in [1.54, 1.807) is 12.1 Å². The first-order chi connectivity index (χ1) is 9.25. The molecule has 0 fully saturated rings. The summed E-state index contributed by atoms with van der Waals surface area (Å²) in [6.07, 6.45) is 0.855. The lowest BCUT2D eigenvalue weighted by atomic mass is 10.2. The number of sulfone groups is 1. The van der Waals surface area contributed by atoms with E-state index in [4.69, 9.17) is 5.14 Å². The smallest absolute Gasteiger partial charge is 0.271 e. The summed E-state index contributed by atoms with van der Waals surface area (Å²) in [4.78, 5) is -0.211. The molecule has 1 aromatic carbocycles. The molecule has 0 saturated heterocycles. The molecule has 108 valence electrons. The molecule has 6 nitrogen and oxygen atoms in total.